The number of halogens is 3. The van der Waals surface area contributed by atoms with Crippen molar-refractivity contribution in [1.29, 1.82) is 0 Å². The Labute approximate surface area is 92.3 Å². The molecule has 92 valence electrons. The molecule has 16 heavy (non-hydrogen) atoms. The Balaban J connectivity index is 2.02. The highest BCUT2D eigenvalue weighted by atomic mass is 19.4. The normalized spacial score (nSPS) is 28.4. The van der Waals surface area contributed by atoms with E-state index in [9.17, 15) is 13.2 Å². The first-order valence-corrected chi connectivity index (χ1v) is 5.42. The van der Waals surface area contributed by atoms with Gasteiger partial charge in [0, 0.05) is 26.2 Å². The van der Waals surface area contributed by atoms with Gasteiger partial charge in [-0.25, -0.2) is 0 Å². The van der Waals surface area contributed by atoms with E-state index in [1.165, 1.54) is 11.9 Å². The second-order valence-corrected chi connectivity index (χ2v) is 4.25. The maximum Gasteiger partial charge on any atom is 0.410 e. The van der Waals surface area contributed by atoms with Gasteiger partial charge in [-0.15, -0.1) is 0 Å². The number of hydrogen-bond donors (Lipinski definition) is 0. The monoisotopic (exact) mass is 236 g/mol. The Morgan fingerprint density at radius 3 is 2.44 bits per heavy atom. The van der Waals surface area contributed by atoms with Crippen LogP contribution in [0.25, 0.3) is 0 Å². The van der Waals surface area contributed by atoms with Gasteiger partial charge in [0.2, 0.25) is 0 Å². The van der Waals surface area contributed by atoms with Gasteiger partial charge < -0.3 is 9.64 Å². The first kappa shape index (κ1) is 11.7. The Morgan fingerprint density at radius 1 is 1.31 bits per heavy atom. The largest absolute Gasteiger partial charge is 0.410 e. The van der Waals surface area contributed by atoms with E-state index >= 15 is 0 Å². The Bertz CT molecular complexity index is 284. The summed E-state index contributed by atoms with van der Waals surface area (Å²) in [6, 6.07) is -1.44. The quantitative estimate of drug-likeness (QED) is 0.692. The summed E-state index contributed by atoms with van der Waals surface area (Å²) in [7, 11) is 1.49. The van der Waals surface area contributed by atoms with Crippen molar-refractivity contribution in [3.8, 4) is 0 Å². The molecular weight excluding hydrogens is 221 g/mol. The van der Waals surface area contributed by atoms with Gasteiger partial charge in [-0.05, 0) is 12.8 Å². The van der Waals surface area contributed by atoms with Gasteiger partial charge in [-0.1, -0.05) is 0 Å². The Hall–Kier alpha value is -0.780. The molecule has 2 aliphatic heterocycles. The number of aliphatic imine (C=N–C) groups is 1. The molecule has 0 aromatic rings. The SMILES string of the molecule is CN1C(C2CCOCC2)=NCC1C(F)(F)F. The Morgan fingerprint density at radius 2 is 1.94 bits per heavy atom. The summed E-state index contributed by atoms with van der Waals surface area (Å²) in [5.41, 5.74) is 0. The minimum absolute atomic E-state index is 0.131. The van der Waals surface area contributed by atoms with E-state index in [1.54, 1.807) is 0 Å². The fourth-order valence-corrected chi connectivity index (χ4v) is 2.27. The van der Waals surface area contributed by atoms with E-state index in [-0.39, 0.29) is 12.5 Å². The molecule has 0 spiro atoms. The lowest BCUT2D eigenvalue weighted by Gasteiger charge is -2.30. The zero-order valence-electron chi connectivity index (χ0n) is 9.13. The molecule has 0 saturated carbocycles. The van der Waals surface area contributed by atoms with Crippen molar-refractivity contribution in [2.24, 2.45) is 10.9 Å². The van der Waals surface area contributed by atoms with Crippen LogP contribution in [0.2, 0.25) is 0 Å². The molecule has 1 fully saturated rings. The maximum absolute atomic E-state index is 12.6. The van der Waals surface area contributed by atoms with Crippen molar-refractivity contribution in [3.63, 3.8) is 0 Å². The molecule has 0 N–H and O–H groups in total. The lowest BCUT2D eigenvalue weighted by molar-refractivity contribution is -0.165. The van der Waals surface area contributed by atoms with Crippen LogP contribution in [0.3, 0.4) is 0 Å². The molecule has 0 aliphatic carbocycles. The first-order valence-electron chi connectivity index (χ1n) is 5.42. The average molecular weight is 236 g/mol. The second-order valence-electron chi connectivity index (χ2n) is 4.25. The zero-order valence-corrected chi connectivity index (χ0v) is 9.13. The highest BCUT2D eigenvalue weighted by molar-refractivity contribution is 5.86. The van der Waals surface area contributed by atoms with Gasteiger partial charge in [0.05, 0.1) is 6.54 Å². The molecule has 0 radical (unpaired) electrons. The predicted molar refractivity (Wildman–Crippen MR) is 53.5 cm³/mol. The first-order chi connectivity index (χ1) is 7.50. The summed E-state index contributed by atoms with van der Waals surface area (Å²) in [6.45, 7) is 1.08. The smallest absolute Gasteiger partial charge is 0.381 e. The zero-order chi connectivity index (χ0) is 11.8. The molecule has 0 aromatic carbocycles. The van der Waals surface area contributed by atoms with Crippen molar-refractivity contribution in [1.82, 2.24) is 4.90 Å². The van der Waals surface area contributed by atoms with Crippen LogP contribution in [0.5, 0.6) is 0 Å². The van der Waals surface area contributed by atoms with Crippen LogP contribution in [-0.2, 0) is 4.74 Å². The molecule has 2 aliphatic rings. The molecule has 6 heteroatoms. The van der Waals surface area contributed by atoms with Crippen LogP contribution < -0.4 is 0 Å². The molecule has 0 aromatic heterocycles. The molecule has 0 bridgehead atoms. The van der Waals surface area contributed by atoms with Crippen molar-refractivity contribution >= 4 is 5.84 Å². The van der Waals surface area contributed by atoms with E-state index in [1.807, 2.05) is 0 Å². The molecule has 0 amide bonds. The molecule has 3 nitrogen and oxygen atoms in total. The molecule has 2 heterocycles. The molecule has 1 unspecified atom stereocenters. The fraction of sp³-hybridized carbons (Fsp3) is 0.900. The van der Waals surface area contributed by atoms with E-state index in [4.69, 9.17) is 4.74 Å². The number of nitrogens with zero attached hydrogens (tertiary/aromatic N) is 2. The van der Waals surface area contributed by atoms with Crippen LogP contribution >= 0.6 is 0 Å². The van der Waals surface area contributed by atoms with Crippen LogP contribution in [0.1, 0.15) is 12.8 Å². The number of ether oxygens (including phenoxy) is 1. The minimum atomic E-state index is -4.19. The third kappa shape index (κ3) is 2.16. The lowest BCUT2D eigenvalue weighted by Crippen LogP contribution is -2.46. The summed E-state index contributed by atoms with van der Waals surface area (Å²) in [5.74, 6) is 0.733. The van der Waals surface area contributed by atoms with E-state index < -0.39 is 12.2 Å². The van der Waals surface area contributed by atoms with Crippen LogP contribution in [0.4, 0.5) is 13.2 Å². The predicted octanol–water partition coefficient (Wildman–Crippen LogP) is 1.69. The van der Waals surface area contributed by atoms with E-state index in [0.717, 1.165) is 12.8 Å². The summed E-state index contributed by atoms with van der Waals surface area (Å²) in [6.07, 6.45) is -2.65. The van der Waals surface area contributed by atoms with Gasteiger partial charge in [0.1, 0.15) is 11.9 Å². The summed E-state index contributed by atoms with van der Waals surface area (Å²) in [5, 5.41) is 0. The number of rotatable bonds is 1. The number of amidine groups is 1. The molecule has 1 saturated heterocycles. The number of hydrogen-bond acceptors (Lipinski definition) is 3. The van der Waals surface area contributed by atoms with E-state index in [0.29, 0.717) is 19.0 Å². The lowest BCUT2D eigenvalue weighted by atomic mass is 9.98. The highest BCUT2D eigenvalue weighted by Gasteiger charge is 2.47. The van der Waals surface area contributed by atoms with Gasteiger partial charge >= 0.3 is 6.18 Å². The summed E-state index contributed by atoms with van der Waals surface area (Å²) < 4.78 is 43.0. The van der Waals surface area contributed by atoms with Crippen LogP contribution in [-0.4, -0.2) is 49.8 Å². The third-order valence-corrected chi connectivity index (χ3v) is 3.22. The van der Waals surface area contributed by atoms with Crippen molar-refractivity contribution in [3.05, 3.63) is 0 Å². The average Bonchev–Trinajstić information content (AvgIpc) is 2.61. The van der Waals surface area contributed by atoms with Crippen LogP contribution in [0.15, 0.2) is 4.99 Å². The van der Waals surface area contributed by atoms with Crippen molar-refractivity contribution in [2.75, 3.05) is 26.8 Å². The maximum atomic E-state index is 12.6. The Kier molecular flexibility index (Phi) is 3.10. The second kappa shape index (κ2) is 4.24. The topological polar surface area (TPSA) is 24.8 Å². The van der Waals surface area contributed by atoms with Gasteiger partial charge in [0.15, 0.2) is 0 Å². The molecular formula is C10H15F3N2O. The highest BCUT2D eigenvalue weighted by Crippen LogP contribution is 2.31. The molecule has 1 atom stereocenters. The van der Waals surface area contributed by atoms with Gasteiger partial charge in [0.25, 0.3) is 0 Å². The summed E-state index contributed by atoms with van der Waals surface area (Å²) in [4.78, 5) is 5.34. The summed E-state index contributed by atoms with van der Waals surface area (Å²) >= 11 is 0. The standard InChI is InChI=1S/C10H15F3N2O/c1-15-8(10(11,12)13)6-14-9(15)7-2-4-16-5-3-7/h7-8H,2-6H2,1H3. The van der Waals surface area contributed by atoms with Crippen LogP contribution in [0, 0.1) is 5.92 Å². The van der Waals surface area contributed by atoms with Crippen molar-refractivity contribution < 1.29 is 17.9 Å². The van der Waals surface area contributed by atoms with Gasteiger partial charge in [-0.2, -0.15) is 13.2 Å². The molecule has 2 rings (SSSR count). The van der Waals surface area contributed by atoms with Gasteiger partial charge in [-0.3, -0.25) is 4.99 Å². The van der Waals surface area contributed by atoms with E-state index in [2.05, 4.69) is 4.99 Å². The fourth-order valence-electron chi connectivity index (χ4n) is 2.27. The number of likely N-dealkylation sites (N-methyl/N-ethyl adjacent to an activating group) is 1. The third-order valence-electron chi connectivity index (χ3n) is 3.22. The number of alkyl halides is 3. The van der Waals surface area contributed by atoms with Crippen molar-refractivity contribution in [2.45, 2.75) is 25.1 Å². The minimum Gasteiger partial charge on any atom is -0.381 e.